The van der Waals surface area contributed by atoms with Crippen molar-refractivity contribution in [3.63, 3.8) is 0 Å². The molecule has 10 nitrogen and oxygen atoms in total. The summed E-state index contributed by atoms with van der Waals surface area (Å²) in [5.41, 5.74) is -0.867. The summed E-state index contributed by atoms with van der Waals surface area (Å²) in [6.07, 6.45) is -0.574. The Morgan fingerprint density at radius 3 is 2.40 bits per heavy atom. The molecule has 1 aromatic carbocycles. The maximum atomic E-state index is 16.0. The number of fused-ring (bicyclic) bond motifs is 1. The summed E-state index contributed by atoms with van der Waals surface area (Å²) < 4.78 is 51.6. The molecule has 0 aliphatic carbocycles. The number of rotatable bonds is 3. The zero-order valence-electron chi connectivity index (χ0n) is 26.3. The van der Waals surface area contributed by atoms with E-state index < -0.39 is 52.8 Å². The number of carbonyl (C=O) groups excluding carboxylic acids is 1. The van der Waals surface area contributed by atoms with Crippen LogP contribution in [-0.2, 0) is 4.74 Å². The van der Waals surface area contributed by atoms with Crippen LogP contribution in [0.2, 0.25) is 0 Å². The van der Waals surface area contributed by atoms with Crippen LogP contribution in [-0.4, -0.2) is 69.4 Å². The van der Waals surface area contributed by atoms with Crippen molar-refractivity contribution >= 4 is 23.4 Å². The quantitative estimate of drug-likeness (QED) is 0.309. The van der Waals surface area contributed by atoms with E-state index in [-0.39, 0.29) is 47.5 Å². The fourth-order valence-corrected chi connectivity index (χ4v) is 5.78. The number of hydrogen-bond acceptors (Lipinski definition) is 8. The number of hydrogen-bond donors (Lipinski definition) is 1. The zero-order chi connectivity index (χ0) is 33.0. The normalized spacial score (nSPS) is 18.7. The van der Waals surface area contributed by atoms with Gasteiger partial charge in [0.1, 0.15) is 28.6 Å². The highest BCUT2D eigenvalue weighted by Gasteiger charge is 2.45. The Balaban J connectivity index is 1.69. The molecule has 2 aromatic heterocycles. The van der Waals surface area contributed by atoms with Crippen molar-refractivity contribution in [2.75, 3.05) is 24.5 Å². The van der Waals surface area contributed by atoms with Crippen molar-refractivity contribution in [1.29, 1.82) is 0 Å². The maximum Gasteiger partial charge on any atom is 0.410 e. The number of aliphatic hydroxyl groups excluding tert-OH is 1. The number of pyridine rings is 2. The molecule has 0 bridgehead atoms. The van der Waals surface area contributed by atoms with Gasteiger partial charge in [-0.2, -0.15) is 9.89 Å². The smallest absolute Gasteiger partial charge is 0.410 e. The average Bonchev–Trinajstić information content (AvgIpc) is 2.94. The summed E-state index contributed by atoms with van der Waals surface area (Å²) >= 11 is 0. The van der Waals surface area contributed by atoms with Crippen LogP contribution in [0.5, 0.6) is 0 Å². The van der Waals surface area contributed by atoms with Gasteiger partial charge in [0.2, 0.25) is 0 Å². The standard InChI is InChI=1S/C32H37F3N6O4/c1-17(2)25-26(18(3)11-12-36-25)40-29-20(15-23(35)27(41(29)44)24-21(33)9-8-10-22(24)34)28(37-30(40)42)39-14-13-38(16-19(39)4)31(43)45-32(5,6)7/h8-12,15,17,19,30,42H,13-14,16H2,1-7H3/t19-,30?/m0/s1. The number of ether oxygens (including phenoxy) is 1. The third-order valence-electron chi connectivity index (χ3n) is 7.76. The molecule has 2 aliphatic heterocycles. The molecule has 2 atom stereocenters. The summed E-state index contributed by atoms with van der Waals surface area (Å²) in [5, 5.41) is 25.9. The second-order valence-corrected chi connectivity index (χ2v) is 12.6. The van der Waals surface area contributed by atoms with Gasteiger partial charge in [0.15, 0.2) is 17.2 Å². The molecule has 240 valence electrons. The first-order chi connectivity index (χ1) is 21.1. The number of nitrogens with zero attached hydrogens (tertiary/aromatic N) is 6. The topological polar surface area (TPSA) is 108 Å². The Bertz CT molecular complexity index is 1660. The van der Waals surface area contributed by atoms with Gasteiger partial charge in [-0.05, 0) is 70.4 Å². The number of benzene rings is 1. The number of halogens is 3. The highest BCUT2D eigenvalue weighted by atomic mass is 19.1. The van der Waals surface area contributed by atoms with Gasteiger partial charge in [0.25, 0.3) is 0 Å². The second-order valence-electron chi connectivity index (χ2n) is 12.6. The van der Waals surface area contributed by atoms with Gasteiger partial charge in [-0.1, -0.05) is 19.9 Å². The van der Waals surface area contributed by atoms with Crippen LogP contribution >= 0.6 is 0 Å². The molecule has 1 unspecified atom stereocenters. The molecule has 2 aliphatic rings. The maximum absolute atomic E-state index is 16.0. The molecular weight excluding hydrogens is 589 g/mol. The van der Waals surface area contributed by atoms with Crippen molar-refractivity contribution < 1.29 is 32.5 Å². The molecule has 1 fully saturated rings. The fraction of sp³-hybridized carbons (Fsp3) is 0.438. The van der Waals surface area contributed by atoms with Crippen LogP contribution < -0.4 is 9.63 Å². The van der Waals surface area contributed by atoms with Crippen LogP contribution in [0.3, 0.4) is 0 Å². The average molecular weight is 627 g/mol. The lowest BCUT2D eigenvalue weighted by molar-refractivity contribution is -0.582. The van der Waals surface area contributed by atoms with Crippen LogP contribution in [0.4, 0.5) is 29.5 Å². The predicted octanol–water partition coefficient (Wildman–Crippen LogP) is 5.35. The highest BCUT2D eigenvalue weighted by molar-refractivity contribution is 6.05. The van der Waals surface area contributed by atoms with Gasteiger partial charge >= 0.3 is 18.3 Å². The van der Waals surface area contributed by atoms with E-state index in [4.69, 9.17) is 4.74 Å². The van der Waals surface area contributed by atoms with E-state index in [2.05, 4.69) is 9.98 Å². The van der Waals surface area contributed by atoms with Crippen molar-refractivity contribution in [2.24, 2.45) is 4.99 Å². The number of amides is 1. The monoisotopic (exact) mass is 626 g/mol. The third kappa shape index (κ3) is 5.88. The van der Waals surface area contributed by atoms with E-state index >= 15 is 4.39 Å². The Kier molecular flexibility index (Phi) is 8.43. The van der Waals surface area contributed by atoms with Crippen LogP contribution in [0, 0.1) is 29.6 Å². The summed E-state index contributed by atoms with van der Waals surface area (Å²) in [4.78, 5) is 26.3. The minimum atomic E-state index is -1.69. The van der Waals surface area contributed by atoms with E-state index in [1.165, 1.54) is 4.90 Å². The first-order valence-corrected chi connectivity index (χ1v) is 14.8. The Labute approximate surface area is 260 Å². The summed E-state index contributed by atoms with van der Waals surface area (Å²) in [6, 6.07) is 5.30. The fourth-order valence-electron chi connectivity index (χ4n) is 5.78. The highest BCUT2D eigenvalue weighted by Crippen LogP contribution is 2.41. The van der Waals surface area contributed by atoms with Crippen molar-refractivity contribution in [3.8, 4) is 11.3 Å². The van der Waals surface area contributed by atoms with E-state index in [1.54, 1.807) is 49.8 Å². The van der Waals surface area contributed by atoms with Crippen LogP contribution in [0.1, 0.15) is 64.3 Å². The Morgan fingerprint density at radius 2 is 1.80 bits per heavy atom. The number of amidine groups is 1. The minimum absolute atomic E-state index is 0.00354. The lowest BCUT2D eigenvalue weighted by Gasteiger charge is -2.43. The lowest BCUT2D eigenvalue weighted by Crippen LogP contribution is -2.58. The van der Waals surface area contributed by atoms with Gasteiger partial charge in [0, 0.05) is 31.9 Å². The number of aliphatic hydroxyl groups is 1. The van der Waals surface area contributed by atoms with Gasteiger partial charge < -0.3 is 24.9 Å². The van der Waals surface area contributed by atoms with Gasteiger partial charge in [-0.25, -0.2) is 22.7 Å². The number of carbonyl (C=O) groups is 1. The number of piperazine rings is 1. The predicted molar refractivity (Wildman–Crippen MR) is 162 cm³/mol. The molecule has 3 aromatic rings. The molecule has 45 heavy (non-hydrogen) atoms. The second kappa shape index (κ2) is 11.8. The number of aliphatic imine (C=N–C) groups is 1. The zero-order valence-corrected chi connectivity index (χ0v) is 26.3. The number of aryl methyl sites for hydroxylation is 1. The minimum Gasteiger partial charge on any atom is -0.710 e. The molecule has 13 heteroatoms. The molecule has 0 saturated carbocycles. The van der Waals surface area contributed by atoms with E-state index in [9.17, 15) is 23.9 Å². The molecular formula is C32H37F3N6O4. The lowest BCUT2D eigenvalue weighted by atomic mass is 10.0. The molecule has 0 spiro atoms. The Hall–Kier alpha value is -4.39. The van der Waals surface area contributed by atoms with E-state index in [1.807, 2.05) is 20.8 Å². The summed E-state index contributed by atoms with van der Waals surface area (Å²) in [6.45, 7) is 13.4. The summed E-state index contributed by atoms with van der Waals surface area (Å²) in [7, 11) is 0. The largest absolute Gasteiger partial charge is 0.710 e. The van der Waals surface area contributed by atoms with Crippen molar-refractivity contribution in [1.82, 2.24) is 14.8 Å². The number of aromatic nitrogens is 2. The van der Waals surface area contributed by atoms with Crippen LogP contribution in [0.25, 0.3) is 11.3 Å². The molecule has 1 amide bonds. The third-order valence-corrected chi connectivity index (χ3v) is 7.76. The van der Waals surface area contributed by atoms with E-state index in [0.717, 1.165) is 24.3 Å². The molecule has 0 radical (unpaired) electrons. The summed E-state index contributed by atoms with van der Waals surface area (Å²) in [5.74, 6) is -3.76. The Morgan fingerprint density at radius 1 is 1.13 bits per heavy atom. The van der Waals surface area contributed by atoms with Gasteiger partial charge in [0.05, 0.1) is 11.3 Å². The first kappa shape index (κ1) is 32.0. The first-order valence-electron chi connectivity index (χ1n) is 14.8. The molecule has 5 rings (SSSR count). The number of anilines is 2. The van der Waals surface area contributed by atoms with E-state index in [0.29, 0.717) is 16.9 Å². The molecule has 1 N–H and O–H groups in total. The molecule has 4 heterocycles. The van der Waals surface area contributed by atoms with Gasteiger partial charge in [-0.15, -0.1) is 0 Å². The van der Waals surface area contributed by atoms with Gasteiger partial charge in [-0.3, -0.25) is 4.98 Å². The molecule has 1 saturated heterocycles. The van der Waals surface area contributed by atoms with Crippen LogP contribution in [0.15, 0.2) is 41.5 Å². The SMILES string of the molecule is Cc1ccnc(C(C)C)c1N1c2c(cc(F)c(-c3c(F)cccc3F)[n+]2[O-])C(N2CCN(C(=O)OC(C)(C)C)C[C@@H]2C)=NC1O. The van der Waals surface area contributed by atoms with Crippen molar-refractivity contribution in [3.05, 3.63) is 76.0 Å². The van der Waals surface area contributed by atoms with Crippen molar-refractivity contribution in [2.45, 2.75) is 72.4 Å².